The second-order valence-electron chi connectivity index (χ2n) is 9.50. The summed E-state index contributed by atoms with van der Waals surface area (Å²) in [6, 6.07) is 9.33. The Bertz CT molecular complexity index is 1250. The van der Waals surface area contributed by atoms with Crippen molar-refractivity contribution in [2.75, 3.05) is 13.1 Å². The number of likely N-dealkylation sites (tertiary alicyclic amines) is 1. The van der Waals surface area contributed by atoms with Crippen LogP contribution in [0.5, 0.6) is 0 Å². The highest BCUT2D eigenvalue weighted by Gasteiger charge is 2.28. The van der Waals surface area contributed by atoms with Gasteiger partial charge in [0.05, 0.1) is 17.7 Å². The zero-order valence-electron chi connectivity index (χ0n) is 20.8. The number of carbonyl (C=O) groups is 2. The molecule has 2 aromatic carbocycles. The van der Waals surface area contributed by atoms with E-state index in [-0.39, 0.29) is 24.2 Å². The first kappa shape index (κ1) is 25.4. The number of aryl methyl sites for hydroxylation is 3. The third kappa shape index (κ3) is 6.30. The highest BCUT2D eigenvalue weighted by atomic mass is 19.1. The van der Waals surface area contributed by atoms with Crippen molar-refractivity contribution in [3.05, 3.63) is 93.6 Å². The van der Waals surface area contributed by atoms with E-state index in [4.69, 9.17) is 0 Å². The minimum Gasteiger partial charge on any atom is -0.348 e. The van der Waals surface area contributed by atoms with E-state index in [1.807, 2.05) is 26.0 Å². The van der Waals surface area contributed by atoms with Crippen molar-refractivity contribution < 1.29 is 18.4 Å². The standard InChI is InChI=1S/C28H30F2N4O2/c1-17-8-18(2)10-21(9-17)15-32-28(36)25-16-31-19(3)33-27(25)22-4-6-34(7-5-22)26(35)13-20-11-23(29)14-24(30)12-20/h8-12,14,16,22H,4-7,13,15H2,1-3H3,(H,32,36). The maximum atomic E-state index is 13.5. The Hall–Kier alpha value is -3.68. The summed E-state index contributed by atoms with van der Waals surface area (Å²) in [5.74, 6) is -1.20. The van der Waals surface area contributed by atoms with Crippen LogP contribution in [0.25, 0.3) is 0 Å². The van der Waals surface area contributed by atoms with Gasteiger partial charge in [0.1, 0.15) is 17.5 Å². The van der Waals surface area contributed by atoms with E-state index >= 15 is 0 Å². The van der Waals surface area contributed by atoms with Crippen LogP contribution in [-0.2, 0) is 17.8 Å². The average molecular weight is 493 g/mol. The van der Waals surface area contributed by atoms with Crippen molar-refractivity contribution in [3.8, 4) is 0 Å². The Morgan fingerprint density at radius 2 is 1.58 bits per heavy atom. The number of benzene rings is 2. The fourth-order valence-corrected chi connectivity index (χ4v) is 4.82. The summed E-state index contributed by atoms with van der Waals surface area (Å²) in [4.78, 5) is 36.3. The molecule has 4 rings (SSSR count). The highest BCUT2D eigenvalue weighted by Crippen LogP contribution is 2.29. The van der Waals surface area contributed by atoms with Gasteiger partial charge >= 0.3 is 0 Å². The molecule has 6 nitrogen and oxygen atoms in total. The molecule has 0 unspecified atom stereocenters. The molecule has 3 aromatic rings. The summed E-state index contributed by atoms with van der Waals surface area (Å²) in [6.07, 6.45) is 2.79. The first-order valence-corrected chi connectivity index (χ1v) is 12.1. The molecule has 1 aromatic heterocycles. The largest absolute Gasteiger partial charge is 0.348 e. The van der Waals surface area contributed by atoms with Gasteiger partial charge in [0.15, 0.2) is 0 Å². The molecular weight excluding hydrogens is 462 g/mol. The van der Waals surface area contributed by atoms with Crippen LogP contribution in [0.3, 0.4) is 0 Å². The van der Waals surface area contributed by atoms with E-state index in [9.17, 15) is 18.4 Å². The topological polar surface area (TPSA) is 75.2 Å². The van der Waals surface area contributed by atoms with E-state index in [1.165, 1.54) is 12.1 Å². The fourth-order valence-electron chi connectivity index (χ4n) is 4.82. The first-order chi connectivity index (χ1) is 17.2. The Labute approximate surface area is 209 Å². The first-order valence-electron chi connectivity index (χ1n) is 12.1. The Morgan fingerprint density at radius 1 is 0.944 bits per heavy atom. The number of piperidine rings is 1. The van der Waals surface area contributed by atoms with Gasteiger partial charge in [-0.15, -0.1) is 0 Å². The molecule has 0 aliphatic carbocycles. The molecule has 1 saturated heterocycles. The summed E-state index contributed by atoms with van der Waals surface area (Å²) < 4.78 is 26.9. The number of hydrogen-bond donors (Lipinski definition) is 1. The molecule has 2 amide bonds. The second kappa shape index (κ2) is 10.9. The summed E-state index contributed by atoms with van der Waals surface area (Å²) in [5, 5.41) is 2.99. The summed E-state index contributed by atoms with van der Waals surface area (Å²) in [7, 11) is 0. The predicted molar refractivity (Wildman–Crippen MR) is 132 cm³/mol. The van der Waals surface area contributed by atoms with Gasteiger partial charge in [0, 0.05) is 37.8 Å². The van der Waals surface area contributed by atoms with Crippen molar-refractivity contribution in [2.24, 2.45) is 0 Å². The van der Waals surface area contributed by atoms with Crippen LogP contribution in [0.15, 0.2) is 42.6 Å². The van der Waals surface area contributed by atoms with Crippen molar-refractivity contribution in [1.29, 1.82) is 0 Å². The quantitative estimate of drug-likeness (QED) is 0.548. The molecule has 0 atom stereocenters. The SMILES string of the molecule is Cc1cc(C)cc(CNC(=O)c2cnc(C)nc2C2CCN(C(=O)Cc3cc(F)cc(F)c3)CC2)c1. The summed E-state index contributed by atoms with van der Waals surface area (Å²) >= 11 is 0. The van der Waals surface area contributed by atoms with E-state index in [1.54, 1.807) is 18.0 Å². The monoisotopic (exact) mass is 492 g/mol. The number of amides is 2. The van der Waals surface area contributed by atoms with Gasteiger partial charge in [-0.1, -0.05) is 29.3 Å². The minimum absolute atomic E-state index is 0.00401. The van der Waals surface area contributed by atoms with Crippen LogP contribution in [0.4, 0.5) is 8.78 Å². The average Bonchev–Trinajstić information content (AvgIpc) is 2.81. The van der Waals surface area contributed by atoms with E-state index in [2.05, 4.69) is 21.4 Å². The number of nitrogens with zero attached hydrogens (tertiary/aromatic N) is 3. The Kier molecular flexibility index (Phi) is 7.72. The van der Waals surface area contributed by atoms with Gasteiger partial charge < -0.3 is 10.2 Å². The number of halogens is 2. The number of hydrogen-bond acceptors (Lipinski definition) is 4. The van der Waals surface area contributed by atoms with Crippen LogP contribution >= 0.6 is 0 Å². The Balaban J connectivity index is 1.41. The molecule has 1 N–H and O–H groups in total. The second-order valence-corrected chi connectivity index (χ2v) is 9.50. The molecule has 0 radical (unpaired) electrons. The van der Waals surface area contributed by atoms with Crippen LogP contribution in [0, 0.1) is 32.4 Å². The number of carbonyl (C=O) groups excluding carboxylic acids is 2. The molecule has 1 aliphatic heterocycles. The number of rotatable bonds is 6. The zero-order valence-corrected chi connectivity index (χ0v) is 20.8. The van der Waals surface area contributed by atoms with Crippen molar-refractivity contribution >= 4 is 11.8 Å². The number of aromatic nitrogens is 2. The smallest absolute Gasteiger partial charge is 0.254 e. The molecule has 0 saturated carbocycles. The molecule has 36 heavy (non-hydrogen) atoms. The van der Waals surface area contributed by atoms with Crippen molar-refractivity contribution in [3.63, 3.8) is 0 Å². The molecule has 0 bridgehead atoms. The highest BCUT2D eigenvalue weighted by molar-refractivity contribution is 5.95. The van der Waals surface area contributed by atoms with Crippen molar-refractivity contribution in [1.82, 2.24) is 20.2 Å². The van der Waals surface area contributed by atoms with E-state index < -0.39 is 11.6 Å². The maximum absolute atomic E-state index is 13.5. The van der Waals surface area contributed by atoms with E-state index in [0.29, 0.717) is 55.1 Å². The zero-order chi connectivity index (χ0) is 25.8. The van der Waals surface area contributed by atoms with E-state index in [0.717, 1.165) is 22.8 Å². The minimum atomic E-state index is -0.695. The van der Waals surface area contributed by atoms with Crippen LogP contribution < -0.4 is 5.32 Å². The summed E-state index contributed by atoms with van der Waals surface area (Å²) in [6.45, 7) is 7.21. The lowest BCUT2D eigenvalue weighted by Gasteiger charge is -2.32. The van der Waals surface area contributed by atoms with Gasteiger partial charge in [-0.3, -0.25) is 9.59 Å². The normalized spacial score (nSPS) is 14.1. The van der Waals surface area contributed by atoms with Gasteiger partial charge in [-0.05, 0) is 56.9 Å². The lowest BCUT2D eigenvalue weighted by Crippen LogP contribution is -2.39. The maximum Gasteiger partial charge on any atom is 0.254 e. The predicted octanol–water partition coefficient (Wildman–Crippen LogP) is 4.56. The molecule has 188 valence electrons. The Morgan fingerprint density at radius 3 is 2.22 bits per heavy atom. The molecule has 0 spiro atoms. The van der Waals surface area contributed by atoms with Crippen LogP contribution in [0.2, 0.25) is 0 Å². The summed E-state index contributed by atoms with van der Waals surface area (Å²) in [5.41, 5.74) is 4.77. The molecule has 1 fully saturated rings. The molecule has 8 heteroatoms. The molecule has 1 aliphatic rings. The number of nitrogens with one attached hydrogen (secondary N) is 1. The van der Waals surface area contributed by atoms with Crippen LogP contribution in [0.1, 0.15) is 62.9 Å². The van der Waals surface area contributed by atoms with Gasteiger partial charge in [0.25, 0.3) is 5.91 Å². The molecular formula is C28H30F2N4O2. The van der Waals surface area contributed by atoms with Gasteiger partial charge in [-0.25, -0.2) is 18.7 Å². The van der Waals surface area contributed by atoms with Crippen LogP contribution in [-0.4, -0.2) is 39.8 Å². The molecule has 2 heterocycles. The van der Waals surface area contributed by atoms with Crippen molar-refractivity contribution in [2.45, 2.75) is 52.5 Å². The van der Waals surface area contributed by atoms with Gasteiger partial charge in [0.2, 0.25) is 5.91 Å². The fraction of sp³-hybridized carbons (Fsp3) is 0.357. The lowest BCUT2D eigenvalue weighted by molar-refractivity contribution is -0.131. The third-order valence-electron chi connectivity index (χ3n) is 6.43. The third-order valence-corrected chi connectivity index (χ3v) is 6.43. The lowest BCUT2D eigenvalue weighted by atomic mass is 9.90. The van der Waals surface area contributed by atoms with Gasteiger partial charge in [-0.2, -0.15) is 0 Å².